The average molecular weight is 433 g/mol. The third-order valence-electron chi connectivity index (χ3n) is 5.59. The molecule has 0 aliphatic carbocycles. The number of rotatable bonds is 6. The van der Waals surface area contributed by atoms with Crippen molar-refractivity contribution in [1.29, 1.82) is 0 Å². The number of aliphatic hydroxyl groups excluding tert-OH is 1. The molecule has 0 unspecified atom stereocenters. The summed E-state index contributed by atoms with van der Waals surface area (Å²) < 4.78 is 0. The van der Waals surface area contributed by atoms with Crippen LogP contribution in [0.1, 0.15) is 47.4 Å². The Balaban J connectivity index is 1.41. The first-order valence-corrected chi connectivity index (χ1v) is 10.8. The van der Waals surface area contributed by atoms with Gasteiger partial charge < -0.3 is 20.6 Å². The van der Waals surface area contributed by atoms with Gasteiger partial charge in [0.15, 0.2) is 0 Å². The highest BCUT2D eigenvalue weighted by molar-refractivity contribution is 6.04. The third-order valence-corrected chi connectivity index (χ3v) is 5.59. The van der Waals surface area contributed by atoms with Crippen molar-refractivity contribution in [2.24, 2.45) is 0 Å². The Kier molecular flexibility index (Phi) is 6.61. The smallest absolute Gasteiger partial charge is 0.257 e. The molecule has 1 fully saturated rings. The van der Waals surface area contributed by atoms with E-state index in [0.29, 0.717) is 17.1 Å². The predicted molar refractivity (Wildman–Crippen MR) is 125 cm³/mol. The van der Waals surface area contributed by atoms with Gasteiger partial charge in [0.25, 0.3) is 5.91 Å². The molecule has 3 heterocycles. The monoisotopic (exact) mass is 432 g/mol. The van der Waals surface area contributed by atoms with E-state index in [-0.39, 0.29) is 18.1 Å². The van der Waals surface area contributed by atoms with Crippen molar-refractivity contribution in [3.63, 3.8) is 0 Å². The summed E-state index contributed by atoms with van der Waals surface area (Å²) in [5.74, 6) is 1.29. The minimum atomic E-state index is -0.226. The number of aryl methyl sites for hydroxylation is 1. The van der Waals surface area contributed by atoms with Gasteiger partial charge in [-0.2, -0.15) is 0 Å². The summed E-state index contributed by atoms with van der Waals surface area (Å²) in [6.45, 7) is 5.47. The van der Waals surface area contributed by atoms with Crippen molar-refractivity contribution in [2.75, 3.05) is 28.6 Å². The Morgan fingerprint density at radius 2 is 1.97 bits per heavy atom. The molecular formula is C24H28N6O2. The third kappa shape index (κ3) is 5.39. The van der Waals surface area contributed by atoms with E-state index in [2.05, 4.69) is 25.5 Å². The average Bonchev–Trinajstić information content (AvgIpc) is 2.80. The molecule has 166 valence electrons. The second-order valence-corrected chi connectivity index (χ2v) is 8.11. The molecule has 1 aliphatic heterocycles. The quantitative estimate of drug-likeness (QED) is 0.547. The van der Waals surface area contributed by atoms with Crippen molar-refractivity contribution in [2.45, 2.75) is 38.8 Å². The lowest BCUT2D eigenvalue weighted by atomic mass is 10.1. The van der Waals surface area contributed by atoms with Crippen LogP contribution in [0.2, 0.25) is 0 Å². The molecule has 2 aromatic heterocycles. The van der Waals surface area contributed by atoms with Crippen LogP contribution in [-0.2, 0) is 0 Å². The Labute approximate surface area is 187 Å². The van der Waals surface area contributed by atoms with Crippen LogP contribution in [0.15, 0.2) is 55.0 Å². The van der Waals surface area contributed by atoms with E-state index in [9.17, 15) is 9.90 Å². The van der Waals surface area contributed by atoms with Gasteiger partial charge in [-0.3, -0.25) is 14.8 Å². The lowest BCUT2D eigenvalue weighted by molar-refractivity contribution is 0.102. The van der Waals surface area contributed by atoms with Gasteiger partial charge >= 0.3 is 0 Å². The normalized spacial score (nSPS) is 15.3. The number of hydrogen-bond donors (Lipinski definition) is 3. The summed E-state index contributed by atoms with van der Waals surface area (Å²) in [6.07, 6.45) is 6.29. The summed E-state index contributed by atoms with van der Waals surface area (Å²) in [7, 11) is 0. The number of amides is 1. The van der Waals surface area contributed by atoms with Gasteiger partial charge in [-0.05, 0) is 56.5 Å². The topological polar surface area (TPSA) is 103 Å². The molecule has 1 atom stereocenters. The molecule has 3 N–H and O–H groups in total. The lowest BCUT2D eigenvalue weighted by Crippen LogP contribution is -2.36. The van der Waals surface area contributed by atoms with E-state index in [4.69, 9.17) is 4.98 Å². The second kappa shape index (κ2) is 9.74. The van der Waals surface area contributed by atoms with Gasteiger partial charge in [-0.15, -0.1) is 0 Å². The molecule has 32 heavy (non-hydrogen) atoms. The van der Waals surface area contributed by atoms with Crippen molar-refractivity contribution in [3.05, 3.63) is 71.8 Å². The van der Waals surface area contributed by atoms with Crippen LogP contribution in [-0.4, -0.2) is 45.2 Å². The van der Waals surface area contributed by atoms with Crippen molar-refractivity contribution >= 4 is 23.2 Å². The number of anilines is 3. The maximum Gasteiger partial charge on any atom is 0.257 e. The molecule has 8 nitrogen and oxygen atoms in total. The number of pyridine rings is 1. The number of aromatic nitrogens is 3. The number of nitrogens with one attached hydrogen (secondary N) is 2. The first kappa shape index (κ1) is 21.7. The molecule has 1 amide bonds. The van der Waals surface area contributed by atoms with Gasteiger partial charge in [0.05, 0.1) is 30.1 Å². The minimum Gasteiger partial charge on any atom is -0.393 e. The van der Waals surface area contributed by atoms with Crippen molar-refractivity contribution in [1.82, 2.24) is 15.0 Å². The van der Waals surface area contributed by atoms with E-state index in [1.165, 1.54) is 0 Å². The summed E-state index contributed by atoms with van der Waals surface area (Å²) in [5, 5.41) is 16.0. The molecule has 8 heteroatoms. The van der Waals surface area contributed by atoms with E-state index in [1.807, 2.05) is 44.2 Å². The molecule has 1 aliphatic rings. The van der Waals surface area contributed by atoms with Crippen LogP contribution < -0.4 is 15.5 Å². The van der Waals surface area contributed by atoms with E-state index < -0.39 is 0 Å². The first-order chi connectivity index (χ1) is 15.5. The number of piperidine rings is 1. The van der Waals surface area contributed by atoms with E-state index in [0.717, 1.165) is 43.0 Å². The number of nitrogens with zero attached hydrogens (tertiary/aromatic N) is 4. The molecule has 3 aromatic rings. The molecular weight excluding hydrogens is 404 g/mol. The van der Waals surface area contributed by atoms with Crippen molar-refractivity contribution in [3.8, 4) is 0 Å². The molecule has 0 radical (unpaired) electrons. The number of hydrogen-bond acceptors (Lipinski definition) is 7. The maximum absolute atomic E-state index is 12.5. The Morgan fingerprint density at radius 3 is 2.72 bits per heavy atom. The zero-order chi connectivity index (χ0) is 22.5. The Bertz CT molecular complexity index is 1060. The molecule has 4 rings (SSSR count). The van der Waals surface area contributed by atoms with Crippen LogP contribution >= 0.6 is 0 Å². The van der Waals surface area contributed by atoms with Gasteiger partial charge in [0.2, 0.25) is 0 Å². The van der Waals surface area contributed by atoms with Gasteiger partial charge in [-0.1, -0.05) is 12.1 Å². The maximum atomic E-state index is 12.5. The number of aliphatic hydroxyl groups is 1. The SMILES string of the molecule is Cc1ccc(C(=O)Nc2cccc([C@H](C)Nc3cncc(N4CCC(O)CC4)n3)c2)cn1. The summed E-state index contributed by atoms with van der Waals surface area (Å²) in [5.41, 5.74) is 3.12. The highest BCUT2D eigenvalue weighted by atomic mass is 16.3. The number of carbonyl (C=O) groups is 1. The zero-order valence-corrected chi connectivity index (χ0v) is 18.3. The van der Waals surface area contributed by atoms with Gasteiger partial charge in [0.1, 0.15) is 11.6 Å². The Morgan fingerprint density at radius 1 is 1.16 bits per heavy atom. The van der Waals surface area contributed by atoms with Gasteiger partial charge in [-0.25, -0.2) is 4.98 Å². The van der Waals surface area contributed by atoms with Crippen LogP contribution in [0, 0.1) is 6.92 Å². The van der Waals surface area contributed by atoms with Gasteiger partial charge in [0, 0.05) is 30.7 Å². The van der Waals surface area contributed by atoms with E-state index >= 15 is 0 Å². The Hall–Kier alpha value is -3.52. The number of benzene rings is 1. The van der Waals surface area contributed by atoms with Crippen LogP contribution in [0.3, 0.4) is 0 Å². The second-order valence-electron chi connectivity index (χ2n) is 8.11. The first-order valence-electron chi connectivity index (χ1n) is 10.8. The lowest BCUT2D eigenvalue weighted by Gasteiger charge is -2.30. The highest BCUT2D eigenvalue weighted by Crippen LogP contribution is 2.23. The fourth-order valence-electron chi connectivity index (χ4n) is 3.67. The van der Waals surface area contributed by atoms with Crippen LogP contribution in [0.5, 0.6) is 0 Å². The molecule has 1 aromatic carbocycles. The van der Waals surface area contributed by atoms with E-state index in [1.54, 1.807) is 24.7 Å². The molecule has 1 saturated heterocycles. The minimum absolute atomic E-state index is 0.0411. The van der Waals surface area contributed by atoms with Crippen LogP contribution in [0.25, 0.3) is 0 Å². The summed E-state index contributed by atoms with van der Waals surface area (Å²) >= 11 is 0. The molecule has 0 bridgehead atoms. The summed E-state index contributed by atoms with van der Waals surface area (Å²) in [4.78, 5) is 27.9. The predicted octanol–water partition coefficient (Wildman–Crippen LogP) is 3.57. The fourth-order valence-corrected chi connectivity index (χ4v) is 3.67. The standard InChI is InChI=1S/C24H28N6O2/c1-16-6-7-19(13-26-16)24(32)28-20-5-3-4-18(12-20)17(2)27-22-14-25-15-23(29-22)30-10-8-21(31)9-11-30/h3-7,12-15,17,21,31H,8-11H2,1-2H3,(H,27,29)(H,28,32)/t17-/m0/s1. The zero-order valence-electron chi connectivity index (χ0n) is 18.3. The number of carbonyl (C=O) groups excluding carboxylic acids is 1. The van der Waals surface area contributed by atoms with Crippen LogP contribution in [0.4, 0.5) is 17.3 Å². The largest absolute Gasteiger partial charge is 0.393 e. The molecule has 0 spiro atoms. The summed E-state index contributed by atoms with van der Waals surface area (Å²) in [6, 6.07) is 11.3. The fraction of sp³-hybridized carbons (Fsp3) is 0.333. The van der Waals surface area contributed by atoms with Crippen molar-refractivity contribution < 1.29 is 9.90 Å². The molecule has 0 saturated carbocycles. The highest BCUT2D eigenvalue weighted by Gasteiger charge is 2.19.